The summed E-state index contributed by atoms with van der Waals surface area (Å²) < 4.78 is 0.550. The van der Waals surface area contributed by atoms with Crippen molar-refractivity contribution in [2.24, 2.45) is 0 Å². The molecular formula is C9H8BrClN2O2. The van der Waals surface area contributed by atoms with Crippen LogP contribution in [-0.4, -0.2) is 28.6 Å². The van der Waals surface area contributed by atoms with Crippen molar-refractivity contribution in [1.82, 2.24) is 4.98 Å². The highest BCUT2D eigenvalue weighted by atomic mass is 79.9. The van der Waals surface area contributed by atoms with Gasteiger partial charge in [0.1, 0.15) is 4.60 Å². The van der Waals surface area contributed by atoms with Crippen molar-refractivity contribution >= 4 is 39.1 Å². The van der Waals surface area contributed by atoms with E-state index in [2.05, 4.69) is 20.9 Å². The number of halogens is 2. The van der Waals surface area contributed by atoms with Crippen molar-refractivity contribution in [2.45, 2.75) is 12.5 Å². The molecule has 1 fully saturated rings. The molecule has 1 aromatic heterocycles. The van der Waals surface area contributed by atoms with Crippen LogP contribution in [0.1, 0.15) is 6.42 Å². The van der Waals surface area contributed by atoms with E-state index in [1.807, 2.05) is 0 Å². The van der Waals surface area contributed by atoms with Gasteiger partial charge >= 0.3 is 0 Å². The molecule has 4 nitrogen and oxygen atoms in total. The van der Waals surface area contributed by atoms with E-state index >= 15 is 0 Å². The van der Waals surface area contributed by atoms with Crippen LogP contribution in [-0.2, 0) is 4.79 Å². The van der Waals surface area contributed by atoms with Crippen LogP contribution in [0.15, 0.2) is 16.9 Å². The van der Waals surface area contributed by atoms with Crippen molar-refractivity contribution < 1.29 is 9.90 Å². The molecule has 1 saturated heterocycles. The fourth-order valence-electron chi connectivity index (χ4n) is 1.52. The van der Waals surface area contributed by atoms with Crippen LogP contribution in [0.5, 0.6) is 0 Å². The molecule has 2 heterocycles. The zero-order valence-corrected chi connectivity index (χ0v) is 9.99. The minimum Gasteiger partial charge on any atom is -0.391 e. The molecule has 0 radical (unpaired) electrons. The molecule has 80 valence electrons. The number of carbonyl (C=O) groups excluding carboxylic acids is 1. The van der Waals surface area contributed by atoms with Crippen molar-refractivity contribution in [3.05, 3.63) is 21.9 Å². The molecule has 0 saturated carbocycles. The largest absolute Gasteiger partial charge is 0.391 e. The van der Waals surface area contributed by atoms with Crippen LogP contribution < -0.4 is 4.90 Å². The summed E-state index contributed by atoms with van der Waals surface area (Å²) in [7, 11) is 0. The maximum absolute atomic E-state index is 11.5. The molecule has 1 aliphatic heterocycles. The van der Waals surface area contributed by atoms with Crippen molar-refractivity contribution in [3.8, 4) is 0 Å². The molecule has 0 bridgehead atoms. The Morgan fingerprint density at radius 1 is 1.67 bits per heavy atom. The third-order valence-electron chi connectivity index (χ3n) is 2.18. The Balaban J connectivity index is 2.37. The highest BCUT2D eigenvalue weighted by molar-refractivity contribution is 9.10. The van der Waals surface area contributed by atoms with Crippen LogP contribution in [0, 0.1) is 0 Å². The Morgan fingerprint density at radius 2 is 2.40 bits per heavy atom. The van der Waals surface area contributed by atoms with Crippen LogP contribution in [0.3, 0.4) is 0 Å². The molecule has 1 atom stereocenters. The van der Waals surface area contributed by atoms with E-state index in [1.54, 1.807) is 6.07 Å². The molecule has 1 amide bonds. The summed E-state index contributed by atoms with van der Waals surface area (Å²) >= 11 is 9.04. The minimum absolute atomic E-state index is 0.118. The zero-order valence-electron chi connectivity index (χ0n) is 7.65. The number of amides is 1. The minimum atomic E-state index is -0.608. The van der Waals surface area contributed by atoms with Crippen LogP contribution in [0.2, 0.25) is 5.02 Å². The number of aliphatic hydroxyl groups is 1. The first kappa shape index (κ1) is 10.9. The topological polar surface area (TPSA) is 53.4 Å². The van der Waals surface area contributed by atoms with Crippen LogP contribution in [0.4, 0.5) is 5.69 Å². The van der Waals surface area contributed by atoms with Gasteiger partial charge < -0.3 is 10.0 Å². The normalized spacial score (nSPS) is 21.1. The van der Waals surface area contributed by atoms with Gasteiger partial charge in [0, 0.05) is 6.20 Å². The van der Waals surface area contributed by atoms with Gasteiger partial charge in [-0.05, 0) is 22.0 Å². The molecule has 6 heteroatoms. The van der Waals surface area contributed by atoms with Crippen molar-refractivity contribution in [3.63, 3.8) is 0 Å². The van der Waals surface area contributed by atoms with Gasteiger partial charge in [0.25, 0.3) is 0 Å². The highest BCUT2D eigenvalue weighted by Gasteiger charge is 2.30. The number of carbonyl (C=O) groups is 1. The molecule has 1 aliphatic rings. The average Bonchev–Trinajstić information content (AvgIpc) is 2.50. The Kier molecular flexibility index (Phi) is 2.95. The third-order valence-corrected chi connectivity index (χ3v) is 3.00. The lowest BCUT2D eigenvalue weighted by molar-refractivity contribution is -0.117. The van der Waals surface area contributed by atoms with E-state index in [1.165, 1.54) is 11.1 Å². The first-order valence-electron chi connectivity index (χ1n) is 4.37. The molecule has 15 heavy (non-hydrogen) atoms. The lowest BCUT2D eigenvalue weighted by Crippen LogP contribution is -2.25. The monoisotopic (exact) mass is 290 g/mol. The SMILES string of the molecule is O=C1CC(O)CN1c1cc(Cl)cnc1Br. The van der Waals surface area contributed by atoms with Gasteiger partial charge in [-0.3, -0.25) is 4.79 Å². The fraction of sp³-hybridized carbons (Fsp3) is 0.333. The Hall–Kier alpha value is -0.650. The number of hydrogen-bond donors (Lipinski definition) is 1. The van der Waals surface area contributed by atoms with Gasteiger partial charge in [0.2, 0.25) is 5.91 Å². The number of anilines is 1. The van der Waals surface area contributed by atoms with E-state index in [0.717, 1.165) is 0 Å². The van der Waals surface area contributed by atoms with Crippen LogP contribution in [0.25, 0.3) is 0 Å². The molecule has 0 spiro atoms. The Labute approximate surface area is 100.0 Å². The van der Waals surface area contributed by atoms with Crippen molar-refractivity contribution in [1.29, 1.82) is 0 Å². The molecule has 1 aromatic rings. The summed E-state index contributed by atoms with van der Waals surface area (Å²) in [6.07, 6.45) is 1.04. The maximum Gasteiger partial charge on any atom is 0.229 e. The second-order valence-corrected chi connectivity index (χ2v) is 4.51. The maximum atomic E-state index is 11.5. The van der Waals surface area contributed by atoms with E-state index in [0.29, 0.717) is 21.9 Å². The first-order chi connectivity index (χ1) is 7.08. The summed E-state index contributed by atoms with van der Waals surface area (Å²) in [6, 6.07) is 1.65. The van der Waals surface area contributed by atoms with Gasteiger partial charge in [-0.25, -0.2) is 4.98 Å². The van der Waals surface area contributed by atoms with Crippen LogP contribution >= 0.6 is 27.5 Å². The third kappa shape index (κ3) is 2.14. The summed E-state index contributed by atoms with van der Waals surface area (Å²) in [4.78, 5) is 17.0. The Morgan fingerprint density at radius 3 is 3.00 bits per heavy atom. The number of pyridine rings is 1. The first-order valence-corrected chi connectivity index (χ1v) is 5.54. The number of β-amino-alcohol motifs (C(OH)–C–C–N with tert-alkyl or cyclic N) is 1. The predicted molar refractivity (Wildman–Crippen MR) is 59.9 cm³/mol. The molecule has 0 aliphatic carbocycles. The van der Waals surface area contributed by atoms with E-state index < -0.39 is 6.10 Å². The van der Waals surface area contributed by atoms with E-state index in [9.17, 15) is 9.90 Å². The zero-order chi connectivity index (χ0) is 11.0. The summed E-state index contributed by atoms with van der Waals surface area (Å²) in [6.45, 7) is 0.291. The molecule has 0 aromatic carbocycles. The number of aliphatic hydroxyl groups excluding tert-OH is 1. The standard InChI is InChI=1S/C9H8BrClN2O2/c10-9-7(1-5(11)3-12-9)13-4-6(14)2-8(13)15/h1,3,6,14H,2,4H2. The van der Waals surface area contributed by atoms with Gasteiger partial charge in [0.05, 0.1) is 29.8 Å². The second-order valence-electron chi connectivity index (χ2n) is 3.33. The van der Waals surface area contributed by atoms with Gasteiger partial charge in [-0.2, -0.15) is 0 Å². The molecular weight excluding hydrogens is 283 g/mol. The summed E-state index contributed by atoms with van der Waals surface area (Å²) in [5, 5.41) is 9.82. The van der Waals surface area contributed by atoms with Gasteiger partial charge in [0.15, 0.2) is 0 Å². The molecule has 2 rings (SSSR count). The highest BCUT2D eigenvalue weighted by Crippen LogP contribution is 2.30. The smallest absolute Gasteiger partial charge is 0.229 e. The predicted octanol–water partition coefficient (Wildman–Crippen LogP) is 1.60. The molecule has 1 N–H and O–H groups in total. The number of hydrogen-bond acceptors (Lipinski definition) is 3. The number of rotatable bonds is 1. The van der Waals surface area contributed by atoms with Gasteiger partial charge in [-0.1, -0.05) is 11.6 Å². The lowest BCUT2D eigenvalue weighted by atomic mass is 10.3. The lowest BCUT2D eigenvalue weighted by Gasteiger charge is -2.16. The molecule has 1 unspecified atom stereocenters. The Bertz CT molecular complexity index is 413. The number of aromatic nitrogens is 1. The fourth-order valence-corrected chi connectivity index (χ4v) is 2.11. The number of nitrogens with zero attached hydrogens (tertiary/aromatic N) is 2. The second kappa shape index (κ2) is 4.08. The van der Waals surface area contributed by atoms with E-state index in [4.69, 9.17) is 11.6 Å². The summed E-state index contributed by atoms with van der Waals surface area (Å²) in [5.74, 6) is -0.118. The summed E-state index contributed by atoms with van der Waals surface area (Å²) in [5.41, 5.74) is 0.601. The average molecular weight is 292 g/mol. The van der Waals surface area contributed by atoms with Crippen molar-refractivity contribution in [2.75, 3.05) is 11.4 Å². The van der Waals surface area contributed by atoms with Gasteiger partial charge in [-0.15, -0.1) is 0 Å². The quantitative estimate of drug-likeness (QED) is 0.800. The van der Waals surface area contributed by atoms with E-state index in [-0.39, 0.29) is 12.3 Å².